The zero-order valence-corrected chi connectivity index (χ0v) is 16.2. The second-order valence-corrected chi connectivity index (χ2v) is 6.80. The van der Waals surface area contributed by atoms with E-state index in [1.54, 1.807) is 0 Å². The van der Waals surface area contributed by atoms with Crippen molar-refractivity contribution >= 4 is 23.5 Å². The van der Waals surface area contributed by atoms with Crippen molar-refractivity contribution in [1.82, 2.24) is 5.32 Å². The van der Waals surface area contributed by atoms with Gasteiger partial charge in [-0.15, -0.1) is 0 Å². The second kappa shape index (κ2) is 9.85. The maximum Gasteiger partial charge on any atom is 0.343 e. The fourth-order valence-corrected chi connectivity index (χ4v) is 3.16. The minimum atomic E-state index is -0.984. The van der Waals surface area contributed by atoms with Gasteiger partial charge in [0.25, 0.3) is 5.91 Å². The van der Waals surface area contributed by atoms with Crippen LogP contribution in [0.4, 0.5) is 4.39 Å². The Kier molecular flexibility index (Phi) is 6.98. The van der Waals surface area contributed by atoms with E-state index in [1.807, 2.05) is 60.7 Å². The first-order valence-corrected chi connectivity index (χ1v) is 9.42. The van der Waals surface area contributed by atoms with E-state index in [-0.39, 0.29) is 16.6 Å². The molecule has 1 N–H and O–H groups in total. The molecule has 3 aromatic rings. The summed E-state index contributed by atoms with van der Waals surface area (Å²) in [6.07, 6.45) is 0.573. The van der Waals surface area contributed by atoms with Crippen molar-refractivity contribution in [3.05, 3.63) is 106 Å². The summed E-state index contributed by atoms with van der Waals surface area (Å²) < 4.78 is 18.8. The normalized spacial score (nSPS) is 11.5. The Hall–Kier alpha value is -3.18. The summed E-state index contributed by atoms with van der Waals surface area (Å²) >= 11 is 5.85. The summed E-state index contributed by atoms with van der Waals surface area (Å²) in [5.74, 6) is -2.27. The third-order valence-corrected chi connectivity index (χ3v) is 4.64. The number of nitrogens with one attached hydrogen (secondary N) is 1. The van der Waals surface area contributed by atoms with Crippen LogP contribution in [-0.2, 0) is 16.0 Å². The number of esters is 1. The number of carbonyl (C=O) groups excluding carboxylic acids is 2. The van der Waals surface area contributed by atoms with E-state index < -0.39 is 24.3 Å². The van der Waals surface area contributed by atoms with Gasteiger partial charge < -0.3 is 10.1 Å². The van der Waals surface area contributed by atoms with Crippen molar-refractivity contribution in [2.75, 3.05) is 6.61 Å². The number of amides is 1. The first-order valence-electron chi connectivity index (χ1n) is 9.04. The summed E-state index contributed by atoms with van der Waals surface area (Å²) in [5, 5.41) is 2.81. The van der Waals surface area contributed by atoms with Gasteiger partial charge in [-0.1, -0.05) is 78.3 Å². The van der Waals surface area contributed by atoms with E-state index in [4.69, 9.17) is 16.3 Å². The molecule has 0 radical (unpaired) electrons. The lowest BCUT2D eigenvalue weighted by Gasteiger charge is -2.19. The van der Waals surface area contributed by atoms with Crippen molar-refractivity contribution in [2.45, 2.75) is 12.5 Å². The molecule has 0 saturated heterocycles. The Morgan fingerprint density at radius 2 is 1.59 bits per heavy atom. The number of benzene rings is 3. The standard InChI is InChI=1S/C23H19ClFNO3/c24-18-12-7-13-19(25)22(18)23(28)29-15-21(27)26-20(17-10-5-2-6-11-17)14-16-8-3-1-4-9-16/h1-13,20H,14-15H2,(H,26,27). The summed E-state index contributed by atoms with van der Waals surface area (Å²) in [4.78, 5) is 24.5. The highest BCUT2D eigenvalue weighted by Crippen LogP contribution is 2.20. The molecule has 1 atom stereocenters. The van der Waals surface area contributed by atoms with Crippen LogP contribution in [0.2, 0.25) is 5.02 Å². The predicted molar refractivity (Wildman–Crippen MR) is 109 cm³/mol. The van der Waals surface area contributed by atoms with Gasteiger partial charge in [-0.25, -0.2) is 9.18 Å². The summed E-state index contributed by atoms with van der Waals surface area (Å²) in [6.45, 7) is -0.540. The number of hydrogen-bond acceptors (Lipinski definition) is 3. The molecule has 0 aromatic heterocycles. The van der Waals surface area contributed by atoms with E-state index in [1.165, 1.54) is 12.1 Å². The Balaban J connectivity index is 1.66. The lowest BCUT2D eigenvalue weighted by molar-refractivity contribution is -0.125. The van der Waals surface area contributed by atoms with Gasteiger partial charge in [0.05, 0.1) is 11.1 Å². The molecule has 29 heavy (non-hydrogen) atoms. The van der Waals surface area contributed by atoms with Gasteiger partial charge in [-0.3, -0.25) is 4.79 Å². The lowest BCUT2D eigenvalue weighted by atomic mass is 9.99. The molecule has 0 heterocycles. The molecule has 0 aliphatic carbocycles. The fraction of sp³-hybridized carbons (Fsp3) is 0.130. The molecule has 1 unspecified atom stereocenters. The lowest BCUT2D eigenvalue weighted by Crippen LogP contribution is -2.33. The first-order chi connectivity index (χ1) is 14.0. The van der Waals surface area contributed by atoms with Crippen LogP contribution < -0.4 is 5.32 Å². The van der Waals surface area contributed by atoms with E-state index in [0.717, 1.165) is 17.2 Å². The highest BCUT2D eigenvalue weighted by Gasteiger charge is 2.20. The van der Waals surface area contributed by atoms with E-state index in [2.05, 4.69) is 5.32 Å². The molecular formula is C23H19ClFNO3. The van der Waals surface area contributed by atoms with Crippen molar-refractivity contribution in [1.29, 1.82) is 0 Å². The van der Waals surface area contributed by atoms with Crippen LogP contribution in [0.25, 0.3) is 0 Å². The second-order valence-electron chi connectivity index (χ2n) is 6.39. The molecule has 0 saturated carbocycles. The highest BCUT2D eigenvalue weighted by molar-refractivity contribution is 6.33. The maximum atomic E-state index is 13.8. The van der Waals surface area contributed by atoms with E-state index in [9.17, 15) is 14.0 Å². The van der Waals surface area contributed by atoms with Crippen molar-refractivity contribution in [3.63, 3.8) is 0 Å². The third-order valence-electron chi connectivity index (χ3n) is 4.32. The van der Waals surface area contributed by atoms with Crippen LogP contribution in [0.5, 0.6) is 0 Å². The molecular weight excluding hydrogens is 393 g/mol. The zero-order chi connectivity index (χ0) is 20.6. The highest BCUT2D eigenvalue weighted by atomic mass is 35.5. The molecule has 0 aliphatic rings. The Labute approximate surface area is 173 Å². The molecule has 0 bridgehead atoms. The topological polar surface area (TPSA) is 55.4 Å². The molecule has 3 rings (SSSR count). The maximum absolute atomic E-state index is 13.8. The summed E-state index contributed by atoms with van der Waals surface area (Å²) in [7, 11) is 0. The fourth-order valence-electron chi connectivity index (χ4n) is 2.92. The molecule has 3 aromatic carbocycles. The summed E-state index contributed by atoms with van der Waals surface area (Å²) in [5.41, 5.74) is 1.59. The van der Waals surface area contributed by atoms with Gasteiger partial charge in [0.2, 0.25) is 0 Å². The van der Waals surface area contributed by atoms with Gasteiger partial charge in [-0.05, 0) is 29.7 Å². The van der Waals surface area contributed by atoms with Crippen molar-refractivity contribution < 1.29 is 18.7 Å². The van der Waals surface area contributed by atoms with Crippen molar-refractivity contribution in [2.24, 2.45) is 0 Å². The molecule has 4 nitrogen and oxygen atoms in total. The first kappa shape index (κ1) is 20.6. The largest absolute Gasteiger partial charge is 0.452 e. The van der Waals surface area contributed by atoms with Crippen LogP contribution in [0.15, 0.2) is 78.9 Å². The quantitative estimate of drug-likeness (QED) is 0.571. The number of halogens is 2. The molecule has 1 amide bonds. The third kappa shape index (κ3) is 5.65. The minimum absolute atomic E-state index is 0.0679. The molecule has 0 aliphatic heterocycles. The SMILES string of the molecule is O=C(COC(=O)c1c(F)cccc1Cl)NC(Cc1ccccc1)c1ccccc1. The molecule has 0 spiro atoms. The van der Waals surface area contributed by atoms with Crippen LogP contribution in [0.1, 0.15) is 27.5 Å². The zero-order valence-electron chi connectivity index (χ0n) is 15.5. The predicted octanol–water partition coefficient (Wildman–Crippen LogP) is 4.74. The average molecular weight is 412 g/mol. The number of hydrogen-bond donors (Lipinski definition) is 1. The number of rotatable bonds is 7. The average Bonchev–Trinajstić information content (AvgIpc) is 2.73. The van der Waals surface area contributed by atoms with Crippen LogP contribution in [-0.4, -0.2) is 18.5 Å². The smallest absolute Gasteiger partial charge is 0.343 e. The van der Waals surface area contributed by atoms with Gasteiger partial charge >= 0.3 is 5.97 Å². The van der Waals surface area contributed by atoms with E-state index >= 15 is 0 Å². The molecule has 0 fully saturated rings. The summed E-state index contributed by atoms with van der Waals surface area (Å²) in [6, 6.07) is 22.8. The van der Waals surface area contributed by atoms with Crippen LogP contribution in [0.3, 0.4) is 0 Å². The Bertz CT molecular complexity index is 960. The van der Waals surface area contributed by atoms with Gasteiger partial charge in [0, 0.05) is 0 Å². The van der Waals surface area contributed by atoms with Gasteiger partial charge in [0.15, 0.2) is 6.61 Å². The monoisotopic (exact) mass is 411 g/mol. The minimum Gasteiger partial charge on any atom is -0.452 e. The molecule has 148 valence electrons. The number of ether oxygens (including phenoxy) is 1. The van der Waals surface area contributed by atoms with Crippen molar-refractivity contribution in [3.8, 4) is 0 Å². The van der Waals surface area contributed by atoms with E-state index in [0.29, 0.717) is 6.42 Å². The Morgan fingerprint density at radius 1 is 0.931 bits per heavy atom. The van der Waals surface area contributed by atoms with Gasteiger partial charge in [-0.2, -0.15) is 0 Å². The van der Waals surface area contributed by atoms with Crippen LogP contribution >= 0.6 is 11.6 Å². The number of carbonyl (C=O) groups is 2. The van der Waals surface area contributed by atoms with Crippen LogP contribution in [0, 0.1) is 5.82 Å². The Morgan fingerprint density at radius 3 is 2.24 bits per heavy atom. The molecule has 6 heteroatoms. The van der Waals surface area contributed by atoms with Gasteiger partial charge in [0.1, 0.15) is 11.4 Å².